The van der Waals surface area contributed by atoms with Gasteiger partial charge in [-0.1, -0.05) is 32.0 Å². The first-order valence-corrected chi connectivity index (χ1v) is 6.32. The first-order chi connectivity index (χ1) is 7.97. The lowest BCUT2D eigenvalue weighted by Gasteiger charge is -2.14. The predicted octanol–water partition coefficient (Wildman–Crippen LogP) is 3.96. The van der Waals surface area contributed by atoms with Crippen LogP contribution in [0.15, 0.2) is 18.2 Å². The summed E-state index contributed by atoms with van der Waals surface area (Å²) in [5.74, 6) is 0.0404. The standard InChI is InChI=1S/C14H19ClO2/c1-5-17-14(16)13(15)12-8-11(9(2)3)7-6-10(12)4/h6-9,13H,5H2,1-4H3. The second-order valence-electron chi connectivity index (χ2n) is 4.39. The maximum atomic E-state index is 11.6. The number of carbonyl (C=O) groups is 1. The lowest BCUT2D eigenvalue weighted by atomic mass is 9.96. The number of aryl methyl sites for hydroxylation is 1. The third-order valence-electron chi connectivity index (χ3n) is 2.74. The average Bonchev–Trinajstić information content (AvgIpc) is 2.28. The molecule has 0 fully saturated rings. The van der Waals surface area contributed by atoms with Crippen molar-refractivity contribution in [2.24, 2.45) is 0 Å². The Bertz CT molecular complexity index is 399. The molecular formula is C14H19ClO2. The van der Waals surface area contributed by atoms with E-state index in [0.29, 0.717) is 12.5 Å². The SMILES string of the molecule is CCOC(=O)C(Cl)c1cc(C(C)C)ccc1C. The highest BCUT2D eigenvalue weighted by molar-refractivity contribution is 6.30. The van der Waals surface area contributed by atoms with Gasteiger partial charge in [0, 0.05) is 0 Å². The summed E-state index contributed by atoms with van der Waals surface area (Å²) in [5, 5.41) is -0.714. The van der Waals surface area contributed by atoms with Gasteiger partial charge in [-0.3, -0.25) is 4.79 Å². The average molecular weight is 255 g/mol. The van der Waals surface area contributed by atoms with Gasteiger partial charge in [-0.25, -0.2) is 0 Å². The minimum atomic E-state index is -0.714. The van der Waals surface area contributed by atoms with Crippen molar-refractivity contribution >= 4 is 17.6 Å². The van der Waals surface area contributed by atoms with E-state index in [1.54, 1.807) is 6.92 Å². The van der Waals surface area contributed by atoms with E-state index in [4.69, 9.17) is 16.3 Å². The molecule has 0 saturated carbocycles. The number of carbonyl (C=O) groups excluding carboxylic acids is 1. The molecule has 0 aliphatic carbocycles. The predicted molar refractivity (Wildman–Crippen MR) is 70.5 cm³/mol. The summed E-state index contributed by atoms with van der Waals surface area (Å²) < 4.78 is 4.94. The summed E-state index contributed by atoms with van der Waals surface area (Å²) in [5.41, 5.74) is 3.04. The molecule has 1 rings (SSSR count). The Morgan fingerprint density at radius 3 is 2.59 bits per heavy atom. The van der Waals surface area contributed by atoms with Crippen molar-refractivity contribution in [3.05, 3.63) is 34.9 Å². The number of hydrogen-bond acceptors (Lipinski definition) is 2. The van der Waals surface area contributed by atoms with E-state index in [1.165, 1.54) is 5.56 Å². The molecule has 1 atom stereocenters. The molecule has 3 heteroatoms. The van der Waals surface area contributed by atoms with Crippen molar-refractivity contribution < 1.29 is 9.53 Å². The normalized spacial score (nSPS) is 12.6. The molecule has 1 aromatic rings. The molecule has 2 nitrogen and oxygen atoms in total. The summed E-state index contributed by atoms with van der Waals surface area (Å²) in [6.07, 6.45) is 0. The number of esters is 1. The van der Waals surface area contributed by atoms with Crippen LogP contribution in [0.3, 0.4) is 0 Å². The van der Waals surface area contributed by atoms with Crippen LogP contribution >= 0.6 is 11.6 Å². The Kier molecular flexibility index (Phi) is 5.01. The van der Waals surface area contributed by atoms with Gasteiger partial charge in [0.15, 0.2) is 5.38 Å². The van der Waals surface area contributed by atoms with Crippen molar-refractivity contribution in [1.82, 2.24) is 0 Å². The Labute approximate surface area is 108 Å². The maximum absolute atomic E-state index is 11.6. The molecule has 0 N–H and O–H groups in total. The van der Waals surface area contributed by atoms with Gasteiger partial charge in [-0.2, -0.15) is 0 Å². The fraction of sp³-hybridized carbons (Fsp3) is 0.500. The highest BCUT2D eigenvalue weighted by atomic mass is 35.5. The van der Waals surface area contributed by atoms with Crippen LogP contribution in [0.2, 0.25) is 0 Å². The van der Waals surface area contributed by atoms with E-state index < -0.39 is 5.38 Å². The maximum Gasteiger partial charge on any atom is 0.328 e. The van der Waals surface area contributed by atoms with E-state index in [0.717, 1.165) is 11.1 Å². The van der Waals surface area contributed by atoms with E-state index in [2.05, 4.69) is 19.9 Å². The van der Waals surface area contributed by atoms with Crippen LogP contribution in [-0.2, 0) is 9.53 Å². The Hall–Kier alpha value is -1.02. The van der Waals surface area contributed by atoms with Gasteiger partial charge in [0.1, 0.15) is 0 Å². The van der Waals surface area contributed by atoms with E-state index in [-0.39, 0.29) is 5.97 Å². The fourth-order valence-electron chi connectivity index (χ4n) is 1.63. The molecule has 0 aliphatic heterocycles. The van der Waals surface area contributed by atoms with Gasteiger partial charge >= 0.3 is 5.97 Å². The highest BCUT2D eigenvalue weighted by Gasteiger charge is 2.21. The van der Waals surface area contributed by atoms with Crippen LogP contribution in [-0.4, -0.2) is 12.6 Å². The minimum Gasteiger partial charge on any atom is -0.465 e. The van der Waals surface area contributed by atoms with Crippen molar-refractivity contribution in [3.63, 3.8) is 0 Å². The zero-order valence-electron chi connectivity index (χ0n) is 10.8. The van der Waals surface area contributed by atoms with Gasteiger partial charge in [0.05, 0.1) is 6.61 Å². The Morgan fingerprint density at radius 1 is 1.41 bits per heavy atom. The molecule has 1 unspecified atom stereocenters. The molecule has 0 radical (unpaired) electrons. The highest BCUT2D eigenvalue weighted by Crippen LogP contribution is 2.28. The van der Waals surface area contributed by atoms with Gasteiger partial charge in [-0.05, 0) is 36.5 Å². The first kappa shape index (κ1) is 14.0. The number of halogens is 1. The van der Waals surface area contributed by atoms with Gasteiger partial charge in [0.2, 0.25) is 0 Å². The molecule has 0 spiro atoms. The monoisotopic (exact) mass is 254 g/mol. The van der Waals surface area contributed by atoms with Crippen molar-refractivity contribution in [3.8, 4) is 0 Å². The van der Waals surface area contributed by atoms with Crippen molar-refractivity contribution in [2.45, 2.75) is 39.0 Å². The number of rotatable bonds is 4. The number of benzene rings is 1. The quantitative estimate of drug-likeness (QED) is 0.601. The van der Waals surface area contributed by atoms with Crippen LogP contribution < -0.4 is 0 Å². The summed E-state index contributed by atoms with van der Waals surface area (Å²) in [6.45, 7) is 8.31. The molecule has 0 saturated heterocycles. The Morgan fingerprint density at radius 2 is 2.06 bits per heavy atom. The lowest BCUT2D eigenvalue weighted by molar-refractivity contribution is -0.142. The van der Waals surface area contributed by atoms with Crippen molar-refractivity contribution in [1.29, 1.82) is 0 Å². The summed E-state index contributed by atoms with van der Waals surface area (Å²) in [4.78, 5) is 11.6. The molecule has 94 valence electrons. The summed E-state index contributed by atoms with van der Waals surface area (Å²) >= 11 is 6.14. The smallest absolute Gasteiger partial charge is 0.328 e. The third-order valence-corrected chi connectivity index (χ3v) is 3.15. The zero-order valence-corrected chi connectivity index (χ0v) is 11.5. The second-order valence-corrected chi connectivity index (χ2v) is 4.82. The first-order valence-electron chi connectivity index (χ1n) is 5.88. The number of alkyl halides is 1. The molecular weight excluding hydrogens is 236 g/mol. The molecule has 0 aliphatic rings. The number of ether oxygens (including phenoxy) is 1. The topological polar surface area (TPSA) is 26.3 Å². The minimum absolute atomic E-state index is 0.352. The molecule has 0 amide bonds. The fourth-order valence-corrected chi connectivity index (χ4v) is 1.93. The zero-order chi connectivity index (χ0) is 13.0. The van der Waals surface area contributed by atoms with Crippen LogP contribution in [0.1, 0.15) is 48.8 Å². The van der Waals surface area contributed by atoms with Gasteiger partial charge in [0.25, 0.3) is 0 Å². The van der Waals surface area contributed by atoms with E-state index in [9.17, 15) is 4.79 Å². The summed E-state index contributed by atoms with van der Waals surface area (Å²) in [7, 11) is 0. The largest absolute Gasteiger partial charge is 0.465 e. The Balaban J connectivity index is 3.03. The van der Waals surface area contributed by atoms with E-state index in [1.807, 2.05) is 19.1 Å². The third kappa shape index (κ3) is 3.47. The van der Waals surface area contributed by atoms with Crippen LogP contribution in [0.5, 0.6) is 0 Å². The van der Waals surface area contributed by atoms with Gasteiger partial charge in [-0.15, -0.1) is 11.6 Å². The molecule has 0 heterocycles. The molecule has 17 heavy (non-hydrogen) atoms. The van der Waals surface area contributed by atoms with Crippen LogP contribution in [0.4, 0.5) is 0 Å². The lowest BCUT2D eigenvalue weighted by Crippen LogP contribution is -2.12. The van der Waals surface area contributed by atoms with Crippen LogP contribution in [0.25, 0.3) is 0 Å². The molecule has 0 bridgehead atoms. The van der Waals surface area contributed by atoms with Crippen molar-refractivity contribution in [2.75, 3.05) is 6.61 Å². The number of hydrogen-bond donors (Lipinski definition) is 0. The van der Waals surface area contributed by atoms with Gasteiger partial charge < -0.3 is 4.74 Å². The van der Waals surface area contributed by atoms with E-state index >= 15 is 0 Å². The summed E-state index contributed by atoms with van der Waals surface area (Å²) in [6, 6.07) is 6.06. The molecule has 1 aromatic carbocycles. The molecule has 0 aromatic heterocycles. The second kappa shape index (κ2) is 6.06. The van der Waals surface area contributed by atoms with Crippen LogP contribution in [0, 0.1) is 6.92 Å².